The summed E-state index contributed by atoms with van der Waals surface area (Å²) in [5.41, 5.74) is 2.47. The normalized spacial score (nSPS) is 10.3. The van der Waals surface area contributed by atoms with Gasteiger partial charge in [0.2, 0.25) is 5.95 Å². The second-order valence-corrected chi connectivity index (χ2v) is 4.70. The van der Waals surface area contributed by atoms with Crippen LogP contribution >= 0.6 is 23.2 Å². The number of halogens is 2. The zero-order valence-corrected chi connectivity index (χ0v) is 12.6. The maximum absolute atomic E-state index is 8.59. The first kappa shape index (κ1) is 16.2. The molecule has 0 saturated heterocycles. The molecule has 6 heteroatoms. The van der Waals surface area contributed by atoms with Crippen LogP contribution in [0.1, 0.15) is 11.3 Å². The number of rotatable bonds is 6. The molecule has 0 aliphatic heterocycles. The molecule has 1 rings (SSSR count). The molecule has 0 aliphatic rings. The van der Waals surface area contributed by atoms with Gasteiger partial charge in [0, 0.05) is 28.4 Å². The SMILES string of the molecule is C=C(C#N)/C=C\C(=C)Nc1nc(C)c(CCCl)c(Cl)n1. The Balaban J connectivity index is 2.84. The van der Waals surface area contributed by atoms with Gasteiger partial charge < -0.3 is 5.32 Å². The van der Waals surface area contributed by atoms with E-state index in [-0.39, 0.29) is 0 Å². The summed E-state index contributed by atoms with van der Waals surface area (Å²) >= 11 is 11.8. The van der Waals surface area contributed by atoms with Crippen LogP contribution in [0.5, 0.6) is 0 Å². The summed E-state index contributed by atoms with van der Waals surface area (Å²) in [5, 5.41) is 11.9. The number of aryl methyl sites for hydroxylation is 1. The van der Waals surface area contributed by atoms with E-state index in [0.29, 0.717) is 34.7 Å². The number of nitriles is 1. The fourth-order valence-corrected chi connectivity index (χ4v) is 1.92. The van der Waals surface area contributed by atoms with Crippen LogP contribution in [0.4, 0.5) is 5.95 Å². The van der Waals surface area contributed by atoms with Crippen LogP contribution in [-0.2, 0) is 6.42 Å². The Labute approximate surface area is 128 Å². The number of aromatic nitrogens is 2. The molecular weight excluding hydrogens is 295 g/mol. The smallest absolute Gasteiger partial charge is 0.228 e. The van der Waals surface area contributed by atoms with Gasteiger partial charge in [-0.25, -0.2) is 9.97 Å². The third-order valence-corrected chi connectivity index (χ3v) is 2.91. The van der Waals surface area contributed by atoms with Gasteiger partial charge in [0.05, 0.1) is 6.07 Å². The van der Waals surface area contributed by atoms with Crippen LogP contribution in [0.25, 0.3) is 0 Å². The minimum Gasteiger partial charge on any atom is -0.325 e. The van der Waals surface area contributed by atoms with E-state index in [0.717, 1.165) is 11.3 Å². The number of allylic oxidation sites excluding steroid dienone is 3. The Morgan fingerprint density at radius 3 is 2.65 bits per heavy atom. The second kappa shape index (κ2) is 7.68. The van der Waals surface area contributed by atoms with E-state index in [1.165, 1.54) is 0 Å². The minimum atomic E-state index is 0.334. The molecule has 0 radical (unpaired) electrons. The molecule has 0 aliphatic carbocycles. The lowest BCUT2D eigenvalue weighted by molar-refractivity contribution is 1.00. The summed E-state index contributed by atoms with van der Waals surface area (Å²) in [5.74, 6) is 0.811. The molecule has 4 nitrogen and oxygen atoms in total. The van der Waals surface area contributed by atoms with E-state index >= 15 is 0 Å². The van der Waals surface area contributed by atoms with Crippen molar-refractivity contribution in [1.29, 1.82) is 5.26 Å². The Hall–Kier alpha value is -1.83. The molecule has 1 aromatic heterocycles. The van der Waals surface area contributed by atoms with Crippen LogP contribution in [0.3, 0.4) is 0 Å². The second-order valence-electron chi connectivity index (χ2n) is 3.96. The van der Waals surface area contributed by atoms with Crippen molar-refractivity contribution in [3.63, 3.8) is 0 Å². The van der Waals surface area contributed by atoms with Crippen LogP contribution in [-0.4, -0.2) is 15.8 Å². The minimum absolute atomic E-state index is 0.334. The molecule has 0 bridgehead atoms. The molecule has 0 atom stereocenters. The molecule has 0 unspecified atom stereocenters. The lowest BCUT2D eigenvalue weighted by Gasteiger charge is -2.09. The van der Waals surface area contributed by atoms with Gasteiger partial charge >= 0.3 is 0 Å². The summed E-state index contributed by atoms with van der Waals surface area (Å²) in [6, 6.07) is 1.91. The van der Waals surface area contributed by atoms with Crippen molar-refractivity contribution in [2.45, 2.75) is 13.3 Å². The molecule has 1 aromatic rings. The highest BCUT2D eigenvalue weighted by atomic mass is 35.5. The first-order valence-electron chi connectivity index (χ1n) is 5.80. The van der Waals surface area contributed by atoms with Crippen molar-refractivity contribution >= 4 is 29.2 Å². The Morgan fingerprint density at radius 2 is 2.10 bits per heavy atom. The largest absolute Gasteiger partial charge is 0.325 e. The highest BCUT2D eigenvalue weighted by Gasteiger charge is 2.09. The zero-order valence-electron chi connectivity index (χ0n) is 11.1. The number of alkyl halides is 1. The fourth-order valence-electron chi connectivity index (χ4n) is 1.42. The molecule has 104 valence electrons. The summed E-state index contributed by atoms with van der Waals surface area (Å²) < 4.78 is 0. The van der Waals surface area contributed by atoms with Crippen molar-refractivity contribution < 1.29 is 0 Å². The van der Waals surface area contributed by atoms with Crippen molar-refractivity contribution in [2.24, 2.45) is 0 Å². The Morgan fingerprint density at radius 1 is 1.40 bits per heavy atom. The van der Waals surface area contributed by atoms with Crippen molar-refractivity contribution in [3.05, 3.63) is 53.0 Å². The Kier molecular flexibility index (Phi) is 6.23. The van der Waals surface area contributed by atoms with Gasteiger partial charge in [-0.1, -0.05) is 24.8 Å². The molecule has 20 heavy (non-hydrogen) atoms. The third kappa shape index (κ3) is 4.69. The van der Waals surface area contributed by atoms with E-state index < -0.39 is 0 Å². The van der Waals surface area contributed by atoms with Crippen molar-refractivity contribution in [2.75, 3.05) is 11.2 Å². The summed E-state index contributed by atoms with van der Waals surface area (Å²) in [6.45, 7) is 9.16. The first-order chi connectivity index (χ1) is 9.47. The van der Waals surface area contributed by atoms with Crippen LogP contribution in [0.15, 0.2) is 36.6 Å². The van der Waals surface area contributed by atoms with E-state index in [4.69, 9.17) is 28.5 Å². The van der Waals surface area contributed by atoms with Gasteiger partial charge in [0.15, 0.2) is 0 Å². The topological polar surface area (TPSA) is 61.6 Å². The summed E-state index contributed by atoms with van der Waals surface area (Å²) in [7, 11) is 0. The van der Waals surface area contributed by atoms with E-state index in [2.05, 4.69) is 28.4 Å². The number of hydrogen-bond acceptors (Lipinski definition) is 4. The van der Waals surface area contributed by atoms with E-state index in [1.807, 2.05) is 13.0 Å². The number of nitrogens with one attached hydrogen (secondary N) is 1. The van der Waals surface area contributed by atoms with Gasteiger partial charge in [-0.15, -0.1) is 11.6 Å². The van der Waals surface area contributed by atoms with Gasteiger partial charge in [-0.2, -0.15) is 5.26 Å². The number of hydrogen-bond donors (Lipinski definition) is 1. The van der Waals surface area contributed by atoms with Crippen molar-refractivity contribution in [1.82, 2.24) is 9.97 Å². The summed E-state index contributed by atoms with van der Waals surface area (Å²) in [4.78, 5) is 8.43. The average molecular weight is 309 g/mol. The molecule has 0 amide bonds. The molecular formula is C14H14Cl2N4. The molecule has 1 heterocycles. The predicted molar refractivity (Wildman–Crippen MR) is 82.9 cm³/mol. The highest BCUT2D eigenvalue weighted by Crippen LogP contribution is 2.20. The molecule has 0 spiro atoms. The number of nitrogens with zero attached hydrogens (tertiary/aromatic N) is 3. The fraction of sp³-hybridized carbons (Fsp3) is 0.214. The maximum atomic E-state index is 8.59. The van der Waals surface area contributed by atoms with Gasteiger partial charge in [-0.05, 0) is 25.5 Å². The van der Waals surface area contributed by atoms with Gasteiger partial charge in [-0.3, -0.25) is 0 Å². The van der Waals surface area contributed by atoms with Crippen LogP contribution in [0, 0.1) is 18.3 Å². The third-order valence-electron chi connectivity index (χ3n) is 2.41. The lowest BCUT2D eigenvalue weighted by Crippen LogP contribution is -2.06. The van der Waals surface area contributed by atoms with E-state index in [1.54, 1.807) is 12.2 Å². The quantitative estimate of drug-likeness (QED) is 0.376. The van der Waals surface area contributed by atoms with Gasteiger partial charge in [0.1, 0.15) is 5.15 Å². The van der Waals surface area contributed by atoms with E-state index in [9.17, 15) is 0 Å². The monoisotopic (exact) mass is 308 g/mol. The average Bonchev–Trinajstić information content (AvgIpc) is 2.40. The number of anilines is 1. The first-order valence-corrected chi connectivity index (χ1v) is 6.71. The Bertz CT molecular complexity index is 577. The lowest BCUT2D eigenvalue weighted by atomic mass is 10.2. The highest BCUT2D eigenvalue weighted by molar-refractivity contribution is 6.30. The molecule has 0 saturated carbocycles. The maximum Gasteiger partial charge on any atom is 0.228 e. The standard InChI is InChI=1S/C14H14Cl2N4/c1-9(8-17)4-5-10(2)18-14-19-11(3)12(6-7-15)13(16)20-14/h4-5H,1-2,6-7H2,3H3,(H,18,19,20)/b5-4-. The van der Waals surface area contributed by atoms with Gasteiger partial charge in [0.25, 0.3) is 0 Å². The molecule has 1 N–H and O–H groups in total. The zero-order chi connectivity index (χ0) is 15.1. The molecule has 0 fully saturated rings. The van der Waals surface area contributed by atoms with Crippen molar-refractivity contribution in [3.8, 4) is 6.07 Å². The molecule has 0 aromatic carbocycles. The van der Waals surface area contributed by atoms with Crippen LogP contribution < -0.4 is 5.32 Å². The van der Waals surface area contributed by atoms with Crippen LogP contribution in [0.2, 0.25) is 5.15 Å². The summed E-state index contributed by atoms with van der Waals surface area (Å²) in [6.07, 6.45) is 3.78. The predicted octanol–water partition coefficient (Wildman–Crippen LogP) is 3.78.